The molecule has 1 amide bonds. The van der Waals surface area contributed by atoms with Crippen LogP contribution in [0, 0.1) is 11.6 Å². The van der Waals surface area contributed by atoms with Crippen LogP contribution < -0.4 is 5.73 Å². The molecule has 214 valence electrons. The van der Waals surface area contributed by atoms with Crippen molar-refractivity contribution in [2.45, 2.75) is 56.4 Å². The van der Waals surface area contributed by atoms with Gasteiger partial charge in [-0.25, -0.2) is 31.3 Å². The second kappa shape index (κ2) is 10.9. The number of primary amides is 1. The number of alkyl halides is 6. The van der Waals surface area contributed by atoms with Crippen molar-refractivity contribution in [1.82, 2.24) is 14.8 Å². The van der Waals surface area contributed by atoms with E-state index >= 15 is 0 Å². The molecule has 2 heterocycles. The number of halogens is 9. The lowest BCUT2D eigenvalue weighted by molar-refractivity contribution is -0.121. The standard InChI is InChI=1S/C25H19BrF8N4O2/c26-16-1-2-17(23(35)40)36-19(16)12(5-11-6-13(27)9-14(28)7-11)8-15(39)10-38-21-18(20(37-38)22(29)30)24(31,32)3-4-25(21,33)34/h1-2,6-7,9,12,22H,3-5,8,10H2,(H2,35,40)/t12-/m1/s1. The molecule has 1 aliphatic carbocycles. The van der Waals surface area contributed by atoms with Crippen LogP contribution in [0.5, 0.6) is 0 Å². The number of carbonyl (C=O) groups is 2. The van der Waals surface area contributed by atoms with Crippen LogP contribution in [-0.4, -0.2) is 26.5 Å². The number of pyridine rings is 1. The van der Waals surface area contributed by atoms with E-state index in [1.54, 1.807) is 0 Å². The Hall–Kier alpha value is -3.36. The van der Waals surface area contributed by atoms with Gasteiger partial charge in [0.05, 0.1) is 11.3 Å². The van der Waals surface area contributed by atoms with Crippen LogP contribution in [0.1, 0.15) is 70.3 Å². The molecule has 2 aromatic heterocycles. The number of ketones is 1. The molecule has 1 aromatic carbocycles. The van der Waals surface area contributed by atoms with E-state index in [2.05, 4.69) is 26.0 Å². The molecule has 0 radical (unpaired) electrons. The first kappa shape index (κ1) is 29.6. The van der Waals surface area contributed by atoms with Crippen molar-refractivity contribution in [2.75, 3.05) is 0 Å². The average molecular weight is 639 g/mol. The highest BCUT2D eigenvalue weighted by Gasteiger charge is 2.55. The Bertz CT molecular complexity index is 1460. The zero-order valence-corrected chi connectivity index (χ0v) is 21.8. The molecule has 6 nitrogen and oxygen atoms in total. The van der Waals surface area contributed by atoms with Crippen molar-refractivity contribution in [3.63, 3.8) is 0 Å². The molecule has 40 heavy (non-hydrogen) atoms. The zero-order valence-electron chi connectivity index (χ0n) is 20.2. The summed E-state index contributed by atoms with van der Waals surface area (Å²) >= 11 is 3.22. The summed E-state index contributed by atoms with van der Waals surface area (Å²) in [4.78, 5) is 28.9. The van der Waals surface area contributed by atoms with Gasteiger partial charge in [-0.2, -0.15) is 13.9 Å². The van der Waals surface area contributed by atoms with E-state index in [4.69, 9.17) is 5.73 Å². The Balaban J connectivity index is 1.73. The minimum atomic E-state index is -4.02. The Kier molecular flexibility index (Phi) is 8.07. The number of rotatable bonds is 9. The lowest BCUT2D eigenvalue weighted by Gasteiger charge is -2.29. The van der Waals surface area contributed by atoms with Crippen molar-refractivity contribution < 1.29 is 44.7 Å². The van der Waals surface area contributed by atoms with Gasteiger partial charge in [0, 0.05) is 35.7 Å². The van der Waals surface area contributed by atoms with E-state index in [1.165, 1.54) is 12.1 Å². The molecule has 0 spiro atoms. The normalized spacial score (nSPS) is 16.6. The molecule has 1 aliphatic rings. The van der Waals surface area contributed by atoms with E-state index in [0.717, 1.165) is 12.1 Å². The van der Waals surface area contributed by atoms with E-state index in [-0.39, 0.29) is 32.5 Å². The number of nitrogens with two attached hydrogens (primary N) is 1. The quantitative estimate of drug-likeness (QED) is 0.278. The van der Waals surface area contributed by atoms with Crippen molar-refractivity contribution in [3.8, 4) is 0 Å². The van der Waals surface area contributed by atoms with Crippen molar-refractivity contribution in [3.05, 3.63) is 80.3 Å². The van der Waals surface area contributed by atoms with Gasteiger partial charge in [-0.3, -0.25) is 14.3 Å². The number of amides is 1. The van der Waals surface area contributed by atoms with Gasteiger partial charge in [0.2, 0.25) is 0 Å². The van der Waals surface area contributed by atoms with Gasteiger partial charge >= 0.3 is 0 Å². The predicted molar refractivity (Wildman–Crippen MR) is 127 cm³/mol. The number of carbonyl (C=O) groups excluding carboxylic acids is 2. The Morgan fingerprint density at radius 2 is 1.62 bits per heavy atom. The maximum absolute atomic E-state index is 14.7. The molecule has 15 heteroatoms. The molecule has 0 aliphatic heterocycles. The van der Waals surface area contributed by atoms with Gasteiger partial charge in [-0.1, -0.05) is 0 Å². The maximum Gasteiger partial charge on any atom is 0.290 e. The summed E-state index contributed by atoms with van der Waals surface area (Å²) < 4.78 is 114. The number of hydrogen-bond donors (Lipinski definition) is 1. The minimum Gasteiger partial charge on any atom is -0.364 e. The minimum absolute atomic E-state index is 0.0435. The first-order valence-corrected chi connectivity index (χ1v) is 12.5. The van der Waals surface area contributed by atoms with E-state index < -0.39 is 90.3 Å². The number of benzene rings is 1. The zero-order chi connectivity index (χ0) is 29.6. The van der Waals surface area contributed by atoms with E-state index in [1.807, 2.05) is 0 Å². The van der Waals surface area contributed by atoms with Gasteiger partial charge < -0.3 is 5.73 Å². The highest BCUT2D eigenvalue weighted by atomic mass is 79.9. The monoisotopic (exact) mass is 638 g/mol. The largest absolute Gasteiger partial charge is 0.364 e. The van der Waals surface area contributed by atoms with Crippen molar-refractivity contribution >= 4 is 27.6 Å². The smallest absolute Gasteiger partial charge is 0.290 e. The summed E-state index contributed by atoms with van der Waals surface area (Å²) in [6.45, 7) is -1.08. The third-order valence-electron chi connectivity index (χ3n) is 6.37. The van der Waals surface area contributed by atoms with Crippen LogP contribution >= 0.6 is 15.9 Å². The van der Waals surface area contributed by atoms with Crippen molar-refractivity contribution in [2.24, 2.45) is 5.73 Å². The molecule has 0 saturated carbocycles. The highest BCUT2D eigenvalue weighted by molar-refractivity contribution is 9.10. The molecular formula is C25H19BrF8N4O2. The lowest BCUT2D eigenvalue weighted by Crippen LogP contribution is -2.33. The third-order valence-corrected chi connectivity index (χ3v) is 7.04. The fourth-order valence-corrected chi connectivity index (χ4v) is 5.25. The fraction of sp³-hybridized carbons (Fsp3) is 0.360. The van der Waals surface area contributed by atoms with Crippen LogP contribution in [0.15, 0.2) is 34.8 Å². The molecule has 4 rings (SSSR count). The third kappa shape index (κ3) is 6.03. The lowest BCUT2D eigenvalue weighted by atomic mass is 9.88. The molecule has 2 N–H and O–H groups in total. The van der Waals surface area contributed by atoms with Gasteiger partial charge in [-0.15, -0.1) is 0 Å². The predicted octanol–water partition coefficient (Wildman–Crippen LogP) is 6.32. The number of nitrogens with zero attached hydrogens (tertiary/aromatic N) is 3. The number of Topliss-reactive ketones (excluding diaryl/α,β-unsaturated/α-hetero) is 1. The van der Waals surface area contributed by atoms with E-state index in [0.29, 0.717) is 6.07 Å². The summed E-state index contributed by atoms with van der Waals surface area (Å²) in [7, 11) is 0. The first-order chi connectivity index (χ1) is 18.6. The number of aromatic nitrogens is 3. The topological polar surface area (TPSA) is 90.9 Å². The van der Waals surface area contributed by atoms with Gasteiger partial charge in [-0.05, 0) is 52.2 Å². The molecule has 3 aromatic rings. The summed E-state index contributed by atoms with van der Waals surface area (Å²) in [5.41, 5.74) is 0.561. The SMILES string of the molecule is NC(=O)c1ccc(Br)c([C@@H](CC(=O)Cn2nc(C(F)F)c3c2C(F)(F)CCC3(F)F)Cc2cc(F)cc(F)c2)n1. The number of fused-ring (bicyclic) bond motifs is 1. The highest BCUT2D eigenvalue weighted by Crippen LogP contribution is 2.52. The molecule has 1 atom stereocenters. The van der Waals surface area contributed by atoms with Crippen LogP contribution in [-0.2, 0) is 29.6 Å². The van der Waals surface area contributed by atoms with Crippen LogP contribution in [0.2, 0.25) is 0 Å². The van der Waals surface area contributed by atoms with Crippen LogP contribution in [0.25, 0.3) is 0 Å². The van der Waals surface area contributed by atoms with Gasteiger partial charge in [0.25, 0.3) is 24.2 Å². The summed E-state index contributed by atoms with van der Waals surface area (Å²) in [5.74, 6) is -12.7. The maximum atomic E-state index is 14.7. The summed E-state index contributed by atoms with van der Waals surface area (Å²) in [6.07, 6.45) is -7.18. The summed E-state index contributed by atoms with van der Waals surface area (Å²) in [6, 6.07) is 5.22. The number of hydrogen-bond acceptors (Lipinski definition) is 4. The fourth-order valence-electron chi connectivity index (χ4n) is 4.70. The Labute approximate surface area is 229 Å². The van der Waals surface area contributed by atoms with Crippen molar-refractivity contribution in [1.29, 1.82) is 0 Å². The van der Waals surface area contributed by atoms with Gasteiger partial charge in [0.15, 0.2) is 5.78 Å². The van der Waals surface area contributed by atoms with Crippen LogP contribution in [0.4, 0.5) is 35.1 Å². The molecule has 0 bridgehead atoms. The van der Waals surface area contributed by atoms with E-state index in [9.17, 15) is 44.7 Å². The molecule has 0 fully saturated rings. The Morgan fingerprint density at radius 1 is 1.00 bits per heavy atom. The average Bonchev–Trinajstić information content (AvgIpc) is 3.23. The molecule has 0 saturated heterocycles. The Morgan fingerprint density at radius 3 is 2.23 bits per heavy atom. The second-order valence-corrected chi connectivity index (χ2v) is 10.2. The van der Waals surface area contributed by atoms with Gasteiger partial charge in [0.1, 0.15) is 35.3 Å². The van der Waals surface area contributed by atoms with Crippen LogP contribution in [0.3, 0.4) is 0 Å². The molecule has 0 unspecified atom stereocenters. The summed E-state index contributed by atoms with van der Waals surface area (Å²) in [5, 5.41) is 3.27. The first-order valence-electron chi connectivity index (χ1n) is 11.7. The molecular weight excluding hydrogens is 620 g/mol. The second-order valence-electron chi connectivity index (χ2n) is 9.33.